The van der Waals surface area contributed by atoms with Gasteiger partial charge in [-0.15, -0.1) is 0 Å². The van der Waals surface area contributed by atoms with Crippen LogP contribution < -0.4 is 15.0 Å². The lowest BCUT2D eigenvalue weighted by Gasteiger charge is -2.36. The fourth-order valence-electron chi connectivity index (χ4n) is 3.39. The zero-order valence-corrected chi connectivity index (χ0v) is 18.2. The molecule has 0 atom stereocenters. The Kier molecular flexibility index (Phi) is 7.57. The number of benzene rings is 2. The third-order valence-corrected chi connectivity index (χ3v) is 5.37. The van der Waals surface area contributed by atoms with Crippen LogP contribution >= 0.6 is 11.6 Å². The van der Waals surface area contributed by atoms with Crippen molar-refractivity contribution in [2.45, 2.75) is 26.7 Å². The number of halogens is 1. The van der Waals surface area contributed by atoms with E-state index in [2.05, 4.69) is 10.2 Å². The summed E-state index contributed by atoms with van der Waals surface area (Å²) in [7, 11) is 0. The van der Waals surface area contributed by atoms with Crippen molar-refractivity contribution in [3.63, 3.8) is 0 Å². The van der Waals surface area contributed by atoms with Gasteiger partial charge in [0.2, 0.25) is 5.91 Å². The number of amides is 2. The Bertz CT molecular complexity index is 878. The van der Waals surface area contributed by atoms with Crippen LogP contribution in [0.15, 0.2) is 42.5 Å². The second-order valence-corrected chi connectivity index (χ2v) is 7.62. The molecule has 1 aliphatic rings. The molecule has 1 heterocycles. The number of rotatable bonds is 7. The van der Waals surface area contributed by atoms with Crippen LogP contribution in [0.1, 0.15) is 37.0 Å². The van der Waals surface area contributed by atoms with Gasteiger partial charge < -0.3 is 19.9 Å². The van der Waals surface area contributed by atoms with Crippen LogP contribution in [0.4, 0.5) is 11.4 Å². The number of piperazine rings is 1. The van der Waals surface area contributed by atoms with Crippen molar-refractivity contribution >= 4 is 34.8 Å². The summed E-state index contributed by atoms with van der Waals surface area (Å²) >= 11 is 6.50. The Balaban J connectivity index is 1.60. The molecule has 6 nitrogen and oxygen atoms in total. The molecule has 0 bridgehead atoms. The molecule has 160 valence electrons. The van der Waals surface area contributed by atoms with Gasteiger partial charge in [-0.3, -0.25) is 9.59 Å². The number of carbonyl (C=O) groups excluding carboxylic acids is 2. The van der Waals surface area contributed by atoms with Crippen LogP contribution in [-0.4, -0.2) is 49.5 Å². The van der Waals surface area contributed by atoms with Gasteiger partial charge in [-0.05, 0) is 48.9 Å². The molecule has 0 unspecified atom stereocenters. The fourth-order valence-corrected chi connectivity index (χ4v) is 3.69. The molecular weight excluding hydrogens is 402 g/mol. The highest BCUT2D eigenvalue weighted by Gasteiger charge is 2.21. The second kappa shape index (κ2) is 10.3. The summed E-state index contributed by atoms with van der Waals surface area (Å²) in [5.74, 6) is 0.734. The zero-order chi connectivity index (χ0) is 21.5. The van der Waals surface area contributed by atoms with Crippen molar-refractivity contribution in [3.8, 4) is 5.75 Å². The van der Waals surface area contributed by atoms with Crippen LogP contribution in [-0.2, 0) is 4.79 Å². The molecule has 1 N–H and O–H groups in total. The van der Waals surface area contributed by atoms with Gasteiger partial charge >= 0.3 is 0 Å². The first-order chi connectivity index (χ1) is 14.5. The van der Waals surface area contributed by atoms with Gasteiger partial charge in [-0.2, -0.15) is 0 Å². The number of nitrogens with one attached hydrogen (secondary N) is 1. The largest absolute Gasteiger partial charge is 0.494 e. The minimum absolute atomic E-state index is 0.184. The SMILES string of the molecule is CCCOc1ccc(C(=O)Nc2ccc(N3CCN(C(=O)CC)CC3)c(Cl)c2)cc1. The van der Waals surface area contributed by atoms with Crippen molar-refractivity contribution in [2.75, 3.05) is 43.0 Å². The van der Waals surface area contributed by atoms with Gasteiger partial charge in [-0.25, -0.2) is 0 Å². The third kappa shape index (κ3) is 5.45. The van der Waals surface area contributed by atoms with E-state index in [0.29, 0.717) is 42.4 Å². The summed E-state index contributed by atoms with van der Waals surface area (Å²) in [5, 5.41) is 3.46. The van der Waals surface area contributed by atoms with E-state index in [-0.39, 0.29) is 11.8 Å². The molecule has 0 aliphatic carbocycles. The Morgan fingerprint density at radius 1 is 1.03 bits per heavy atom. The van der Waals surface area contributed by atoms with E-state index in [4.69, 9.17) is 16.3 Å². The highest BCUT2D eigenvalue weighted by Crippen LogP contribution is 2.30. The number of hydrogen-bond donors (Lipinski definition) is 1. The molecule has 1 fully saturated rings. The smallest absolute Gasteiger partial charge is 0.255 e. The standard InChI is InChI=1S/C23H28ClN3O3/c1-3-15-30-19-8-5-17(6-9-19)23(29)25-18-7-10-21(20(24)16-18)26-11-13-27(14-12-26)22(28)4-2/h5-10,16H,3-4,11-15H2,1-2H3,(H,25,29). The average molecular weight is 430 g/mol. The quantitative estimate of drug-likeness (QED) is 0.706. The molecule has 7 heteroatoms. The summed E-state index contributed by atoms with van der Waals surface area (Å²) < 4.78 is 5.55. The van der Waals surface area contributed by atoms with Crippen molar-refractivity contribution < 1.29 is 14.3 Å². The first kappa shape index (κ1) is 22.0. The molecule has 0 radical (unpaired) electrons. The van der Waals surface area contributed by atoms with Gasteiger partial charge in [-0.1, -0.05) is 25.4 Å². The van der Waals surface area contributed by atoms with Crippen LogP contribution in [0.25, 0.3) is 0 Å². The summed E-state index contributed by atoms with van der Waals surface area (Å²) in [6, 6.07) is 12.6. The van der Waals surface area contributed by atoms with Crippen LogP contribution in [0.3, 0.4) is 0 Å². The normalized spacial score (nSPS) is 13.8. The van der Waals surface area contributed by atoms with Gasteiger partial charge in [0.1, 0.15) is 5.75 Å². The molecule has 2 amide bonds. The molecule has 3 rings (SSSR count). The Labute approximate surface area is 182 Å². The van der Waals surface area contributed by atoms with Gasteiger partial charge in [0, 0.05) is 43.9 Å². The van der Waals surface area contributed by atoms with E-state index in [1.807, 2.05) is 30.9 Å². The van der Waals surface area contributed by atoms with E-state index >= 15 is 0 Å². The third-order valence-electron chi connectivity index (χ3n) is 5.07. The van der Waals surface area contributed by atoms with Crippen molar-refractivity contribution in [1.29, 1.82) is 0 Å². The average Bonchev–Trinajstić information content (AvgIpc) is 2.77. The van der Waals surface area contributed by atoms with Gasteiger partial charge in [0.15, 0.2) is 0 Å². The maximum absolute atomic E-state index is 12.5. The van der Waals surface area contributed by atoms with Crippen LogP contribution in [0, 0.1) is 0 Å². The first-order valence-corrected chi connectivity index (χ1v) is 10.8. The van der Waals surface area contributed by atoms with E-state index in [1.165, 1.54) is 0 Å². The highest BCUT2D eigenvalue weighted by molar-refractivity contribution is 6.33. The van der Waals surface area contributed by atoms with Crippen molar-refractivity contribution in [3.05, 3.63) is 53.1 Å². The van der Waals surface area contributed by atoms with E-state index < -0.39 is 0 Å². The first-order valence-electron chi connectivity index (χ1n) is 10.4. The number of ether oxygens (including phenoxy) is 1. The minimum atomic E-state index is -0.201. The molecular formula is C23H28ClN3O3. The number of carbonyl (C=O) groups is 2. The van der Waals surface area contributed by atoms with Crippen molar-refractivity contribution in [2.24, 2.45) is 0 Å². The minimum Gasteiger partial charge on any atom is -0.494 e. The van der Waals surface area contributed by atoms with Gasteiger partial charge in [0.05, 0.1) is 17.3 Å². The Morgan fingerprint density at radius 2 is 1.73 bits per heavy atom. The number of anilines is 2. The molecule has 0 spiro atoms. The molecule has 0 aromatic heterocycles. The monoisotopic (exact) mass is 429 g/mol. The summed E-state index contributed by atoms with van der Waals surface area (Å²) in [6.07, 6.45) is 1.47. The summed E-state index contributed by atoms with van der Waals surface area (Å²) in [6.45, 7) is 7.45. The molecule has 2 aromatic rings. The molecule has 30 heavy (non-hydrogen) atoms. The lowest BCUT2D eigenvalue weighted by atomic mass is 10.2. The Morgan fingerprint density at radius 3 is 2.33 bits per heavy atom. The summed E-state index contributed by atoms with van der Waals surface area (Å²) in [4.78, 5) is 28.4. The molecule has 0 saturated carbocycles. The molecule has 1 saturated heterocycles. The highest BCUT2D eigenvalue weighted by atomic mass is 35.5. The van der Waals surface area contributed by atoms with Gasteiger partial charge in [0.25, 0.3) is 5.91 Å². The summed E-state index contributed by atoms with van der Waals surface area (Å²) in [5.41, 5.74) is 2.10. The lowest BCUT2D eigenvalue weighted by Crippen LogP contribution is -2.48. The topological polar surface area (TPSA) is 61.9 Å². The zero-order valence-electron chi connectivity index (χ0n) is 17.5. The number of hydrogen-bond acceptors (Lipinski definition) is 4. The van der Waals surface area contributed by atoms with E-state index in [1.54, 1.807) is 30.3 Å². The van der Waals surface area contributed by atoms with Crippen LogP contribution in [0.2, 0.25) is 5.02 Å². The fraction of sp³-hybridized carbons (Fsp3) is 0.391. The predicted molar refractivity (Wildman–Crippen MR) is 121 cm³/mol. The predicted octanol–water partition coefficient (Wildman–Crippen LogP) is 4.44. The van der Waals surface area contributed by atoms with Crippen LogP contribution in [0.5, 0.6) is 5.75 Å². The maximum Gasteiger partial charge on any atom is 0.255 e. The maximum atomic E-state index is 12.5. The number of nitrogens with zero attached hydrogens (tertiary/aromatic N) is 2. The molecule has 2 aromatic carbocycles. The van der Waals surface area contributed by atoms with E-state index in [9.17, 15) is 9.59 Å². The van der Waals surface area contributed by atoms with E-state index in [0.717, 1.165) is 30.9 Å². The Hall–Kier alpha value is -2.73. The second-order valence-electron chi connectivity index (χ2n) is 7.21. The molecule has 1 aliphatic heterocycles. The lowest BCUT2D eigenvalue weighted by molar-refractivity contribution is -0.131. The van der Waals surface area contributed by atoms with Crippen molar-refractivity contribution in [1.82, 2.24) is 4.90 Å².